The van der Waals surface area contributed by atoms with Crippen LogP contribution in [-0.2, 0) is 20.8 Å². The highest BCUT2D eigenvalue weighted by Gasteiger charge is 2.65. The molecule has 1 aromatic carbocycles. The second-order valence-electron chi connectivity index (χ2n) is 5.86. The summed E-state index contributed by atoms with van der Waals surface area (Å²) >= 11 is 0. The van der Waals surface area contributed by atoms with Crippen molar-refractivity contribution in [2.75, 3.05) is 20.3 Å². The van der Waals surface area contributed by atoms with Gasteiger partial charge in [-0.15, -0.1) is 0 Å². The minimum atomic E-state index is -0.616. The molecular weight excluding hydrogens is 272 g/mol. The van der Waals surface area contributed by atoms with Gasteiger partial charge in [0.2, 0.25) is 0 Å². The number of aliphatic hydroxyl groups is 2. The van der Waals surface area contributed by atoms with Crippen molar-refractivity contribution in [1.29, 1.82) is 0 Å². The third-order valence-corrected chi connectivity index (χ3v) is 4.73. The summed E-state index contributed by atoms with van der Waals surface area (Å²) in [6.07, 6.45) is 0.143. The molecule has 3 rings (SSSR count). The first-order valence-electron chi connectivity index (χ1n) is 7.32. The van der Waals surface area contributed by atoms with Gasteiger partial charge in [0.05, 0.1) is 25.9 Å². The molecule has 0 radical (unpaired) electrons. The topological polar surface area (TPSA) is 68.2 Å². The molecule has 2 aliphatic rings. The molecule has 1 saturated carbocycles. The quantitative estimate of drug-likeness (QED) is 0.817. The van der Waals surface area contributed by atoms with Gasteiger partial charge >= 0.3 is 0 Å². The van der Waals surface area contributed by atoms with Gasteiger partial charge < -0.3 is 24.4 Å². The zero-order chi connectivity index (χ0) is 14.9. The summed E-state index contributed by atoms with van der Waals surface area (Å²) in [4.78, 5) is 0. The largest absolute Gasteiger partial charge is 0.396 e. The van der Waals surface area contributed by atoms with Crippen LogP contribution in [0.2, 0.25) is 0 Å². The van der Waals surface area contributed by atoms with Gasteiger partial charge in [-0.25, -0.2) is 0 Å². The van der Waals surface area contributed by atoms with Gasteiger partial charge in [0, 0.05) is 25.4 Å². The Labute approximate surface area is 124 Å². The second kappa shape index (κ2) is 6.02. The van der Waals surface area contributed by atoms with E-state index in [0.717, 1.165) is 5.56 Å². The number of fused-ring (bicyclic) bond motifs is 1. The van der Waals surface area contributed by atoms with Crippen LogP contribution < -0.4 is 0 Å². The molecule has 5 heteroatoms. The molecule has 1 saturated heterocycles. The molecule has 1 aliphatic heterocycles. The highest BCUT2D eigenvalue weighted by Crippen LogP contribution is 2.55. The Balaban J connectivity index is 1.66. The average Bonchev–Trinajstić information content (AvgIpc) is 2.77. The SMILES string of the molecule is CO[C@H]1O[C@@]2(CO)CC(OCc3ccccc3)[C@@H]2C1CO. The molecule has 116 valence electrons. The fourth-order valence-corrected chi connectivity index (χ4v) is 3.63. The minimum absolute atomic E-state index is 0.0188. The zero-order valence-electron chi connectivity index (χ0n) is 12.1. The lowest BCUT2D eigenvalue weighted by molar-refractivity contribution is -0.232. The average molecular weight is 294 g/mol. The van der Waals surface area contributed by atoms with Gasteiger partial charge in [-0.05, 0) is 5.56 Å². The number of benzene rings is 1. The van der Waals surface area contributed by atoms with Crippen LogP contribution in [0.25, 0.3) is 0 Å². The Hall–Kier alpha value is -0.980. The molecule has 2 N–H and O–H groups in total. The Kier molecular flexibility index (Phi) is 4.28. The van der Waals surface area contributed by atoms with Crippen LogP contribution in [0.5, 0.6) is 0 Å². The van der Waals surface area contributed by atoms with E-state index in [1.807, 2.05) is 30.3 Å². The van der Waals surface area contributed by atoms with Crippen molar-refractivity contribution < 1.29 is 24.4 Å². The molecule has 0 amide bonds. The van der Waals surface area contributed by atoms with E-state index in [2.05, 4.69) is 0 Å². The maximum absolute atomic E-state index is 9.66. The number of rotatable bonds is 6. The van der Waals surface area contributed by atoms with Crippen LogP contribution in [-0.4, -0.2) is 48.5 Å². The summed E-state index contributed by atoms with van der Waals surface area (Å²) in [5, 5.41) is 19.3. The van der Waals surface area contributed by atoms with E-state index in [4.69, 9.17) is 14.2 Å². The maximum Gasteiger partial charge on any atom is 0.163 e. The molecular formula is C16H22O5. The van der Waals surface area contributed by atoms with Crippen LogP contribution >= 0.6 is 0 Å². The predicted octanol–water partition coefficient (Wildman–Crippen LogP) is 0.934. The zero-order valence-corrected chi connectivity index (χ0v) is 12.1. The second-order valence-corrected chi connectivity index (χ2v) is 5.86. The summed E-state index contributed by atoms with van der Waals surface area (Å²) in [6, 6.07) is 9.97. The smallest absolute Gasteiger partial charge is 0.163 e. The van der Waals surface area contributed by atoms with Gasteiger partial charge in [-0.2, -0.15) is 0 Å². The van der Waals surface area contributed by atoms with Crippen molar-refractivity contribution in [2.45, 2.75) is 31.0 Å². The Morgan fingerprint density at radius 1 is 1.29 bits per heavy atom. The molecule has 1 heterocycles. The molecule has 5 nitrogen and oxygen atoms in total. The Morgan fingerprint density at radius 3 is 2.67 bits per heavy atom. The number of ether oxygens (including phenoxy) is 3. The molecule has 0 aromatic heterocycles. The van der Waals surface area contributed by atoms with E-state index in [9.17, 15) is 10.2 Å². The van der Waals surface area contributed by atoms with Crippen LogP contribution in [0, 0.1) is 11.8 Å². The van der Waals surface area contributed by atoms with Crippen LogP contribution in [0.1, 0.15) is 12.0 Å². The van der Waals surface area contributed by atoms with Gasteiger partial charge in [0.25, 0.3) is 0 Å². The summed E-state index contributed by atoms with van der Waals surface area (Å²) in [5.41, 5.74) is 0.497. The summed E-state index contributed by atoms with van der Waals surface area (Å²) in [6.45, 7) is 0.425. The maximum atomic E-state index is 9.66. The fraction of sp³-hybridized carbons (Fsp3) is 0.625. The molecule has 0 spiro atoms. The Morgan fingerprint density at radius 2 is 2.05 bits per heavy atom. The van der Waals surface area contributed by atoms with Gasteiger partial charge in [-0.3, -0.25) is 0 Å². The molecule has 21 heavy (non-hydrogen) atoms. The van der Waals surface area contributed by atoms with Crippen molar-refractivity contribution in [3.8, 4) is 0 Å². The molecule has 1 aliphatic carbocycles. The third-order valence-electron chi connectivity index (χ3n) is 4.73. The highest BCUT2D eigenvalue weighted by molar-refractivity contribution is 5.15. The van der Waals surface area contributed by atoms with Crippen molar-refractivity contribution in [3.05, 3.63) is 35.9 Å². The van der Waals surface area contributed by atoms with E-state index >= 15 is 0 Å². The van der Waals surface area contributed by atoms with E-state index in [-0.39, 0.29) is 31.2 Å². The number of hydrogen-bond donors (Lipinski definition) is 2. The van der Waals surface area contributed by atoms with Crippen molar-refractivity contribution in [3.63, 3.8) is 0 Å². The van der Waals surface area contributed by atoms with Gasteiger partial charge in [0.15, 0.2) is 6.29 Å². The van der Waals surface area contributed by atoms with Crippen molar-refractivity contribution in [2.24, 2.45) is 11.8 Å². The van der Waals surface area contributed by atoms with Crippen molar-refractivity contribution in [1.82, 2.24) is 0 Å². The number of aliphatic hydroxyl groups excluding tert-OH is 2. The lowest BCUT2D eigenvalue weighted by atomic mass is 9.63. The van der Waals surface area contributed by atoms with E-state index in [1.54, 1.807) is 7.11 Å². The monoisotopic (exact) mass is 294 g/mol. The molecule has 2 fully saturated rings. The number of hydrogen-bond acceptors (Lipinski definition) is 5. The van der Waals surface area contributed by atoms with E-state index in [0.29, 0.717) is 13.0 Å². The van der Waals surface area contributed by atoms with Crippen molar-refractivity contribution >= 4 is 0 Å². The van der Waals surface area contributed by atoms with Crippen LogP contribution in [0.4, 0.5) is 0 Å². The van der Waals surface area contributed by atoms with Gasteiger partial charge in [-0.1, -0.05) is 30.3 Å². The Bertz CT molecular complexity index is 465. The van der Waals surface area contributed by atoms with E-state index < -0.39 is 11.9 Å². The van der Waals surface area contributed by atoms with E-state index in [1.165, 1.54) is 0 Å². The molecule has 2 unspecified atom stereocenters. The fourth-order valence-electron chi connectivity index (χ4n) is 3.63. The molecule has 0 bridgehead atoms. The minimum Gasteiger partial charge on any atom is -0.396 e. The standard InChI is InChI=1S/C16H22O5/c1-19-15-12(8-17)14-13(7-16(14,10-18)21-15)20-9-11-5-3-2-4-6-11/h2-6,12-15,17-18H,7-10H2,1H3/t12?,13?,14-,15-,16+/m0/s1. The van der Waals surface area contributed by atoms with Crippen LogP contribution in [0.15, 0.2) is 30.3 Å². The normalized spacial score (nSPS) is 38.0. The first kappa shape index (κ1) is 14.9. The first-order chi connectivity index (χ1) is 10.2. The first-order valence-corrected chi connectivity index (χ1v) is 7.32. The molecule has 5 atom stereocenters. The summed E-state index contributed by atoms with van der Waals surface area (Å²) in [5.74, 6) is -0.183. The third kappa shape index (κ3) is 2.49. The van der Waals surface area contributed by atoms with Crippen LogP contribution in [0.3, 0.4) is 0 Å². The number of methoxy groups -OCH3 is 1. The predicted molar refractivity (Wildman–Crippen MR) is 75.4 cm³/mol. The highest BCUT2D eigenvalue weighted by atomic mass is 16.7. The lowest BCUT2D eigenvalue weighted by Crippen LogP contribution is -2.60. The summed E-state index contributed by atoms with van der Waals surface area (Å²) < 4.78 is 17.1. The van der Waals surface area contributed by atoms with Gasteiger partial charge in [0.1, 0.15) is 5.60 Å². The summed E-state index contributed by atoms with van der Waals surface area (Å²) in [7, 11) is 1.56. The lowest BCUT2D eigenvalue weighted by Gasteiger charge is -2.49. The molecule has 1 aromatic rings.